The minimum atomic E-state index is -0.386. The smallest absolute Gasteiger partial charge is 0.251 e. The molecule has 0 aliphatic carbocycles. The van der Waals surface area contributed by atoms with Crippen LogP contribution in [0.4, 0.5) is 4.39 Å². The number of halogens is 1. The van der Waals surface area contributed by atoms with E-state index in [2.05, 4.69) is 10.6 Å². The Hall–Kier alpha value is -2.93. The molecule has 0 radical (unpaired) electrons. The number of nitrogens with one attached hydrogen (secondary N) is 2. The first-order valence-electron chi connectivity index (χ1n) is 8.74. The molecule has 1 aliphatic rings. The lowest BCUT2D eigenvalue weighted by Gasteiger charge is -2.32. The quantitative estimate of drug-likeness (QED) is 0.812. The van der Waals surface area contributed by atoms with Crippen molar-refractivity contribution in [1.29, 1.82) is 0 Å². The first-order valence-corrected chi connectivity index (χ1v) is 8.74. The van der Waals surface area contributed by atoms with Crippen LogP contribution >= 0.6 is 0 Å². The van der Waals surface area contributed by atoms with Crippen LogP contribution in [0.1, 0.15) is 16.8 Å². The average Bonchev–Trinajstić information content (AvgIpc) is 2.68. The van der Waals surface area contributed by atoms with Gasteiger partial charge in [-0.25, -0.2) is 4.39 Å². The summed E-state index contributed by atoms with van der Waals surface area (Å²) < 4.78 is 24.6. The lowest BCUT2D eigenvalue weighted by molar-refractivity contribution is -0.123. The normalized spacial score (nSPS) is 19.1. The molecule has 7 heteroatoms. The van der Waals surface area contributed by atoms with Gasteiger partial charge in [-0.3, -0.25) is 9.59 Å². The molecule has 1 saturated heterocycles. The fourth-order valence-corrected chi connectivity index (χ4v) is 2.82. The Labute approximate surface area is 156 Å². The van der Waals surface area contributed by atoms with Crippen molar-refractivity contribution in [1.82, 2.24) is 10.6 Å². The van der Waals surface area contributed by atoms with E-state index in [-0.39, 0.29) is 36.3 Å². The summed E-state index contributed by atoms with van der Waals surface area (Å²) in [6.45, 7) is 0.631. The highest BCUT2D eigenvalue weighted by Gasteiger charge is 2.29. The Morgan fingerprint density at radius 3 is 2.74 bits per heavy atom. The summed E-state index contributed by atoms with van der Waals surface area (Å²) in [5, 5.41) is 5.39. The molecule has 142 valence electrons. The van der Waals surface area contributed by atoms with Crippen molar-refractivity contribution < 1.29 is 23.5 Å². The van der Waals surface area contributed by atoms with Crippen molar-refractivity contribution in [2.24, 2.45) is 0 Å². The molecule has 1 heterocycles. The summed E-state index contributed by atoms with van der Waals surface area (Å²) in [7, 11) is 0. The highest BCUT2D eigenvalue weighted by atomic mass is 19.1. The Balaban J connectivity index is 1.52. The third-order valence-corrected chi connectivity index (χ3v) is 4.17. The van der Waals surface area contributed by atoms with Crippen LogP contribution in [-0.4, -0.2) is 43.7 Å². The Morgan fingerprint density at radius 1 is 1.15 bits per heavy atom. The second kappa shape index (κ2) is 9.14. The highest BCUT2D eigenvalue weighted by Crippen LogP contribution is 2.19. The maximum Gasteiger partial charge on any atom is 0.251 e. The largest absolute Gasteiger partial charge is 0.488 e. The van der Waals surface area contributed by atoms with E-state index in [0.717, 1.165) is 0 Å². The minimum absolute atomic E-state index is 0.156. The summed E-state index contributed by atoms with van der Waals surface area (Å²) in [5.41, 5.74) is 0.485. The zero-order valence-corrected chi connectivity index (χ0v) is 14.7. The van der Waals surface area contributed by atoms with Crippen LogP contribution in [0.3, 0.4) is 0 Å². The third kappa shape index (κ3) is 5.52. The maximum atomic E-state index is 13.3. The standard InChI is InChI=1S/C20H21FN2O4/c21-15-7-4-8-16(11-15)27-18-9-10-26-13-17(18)23-19(24)12-22-20(25)14-5-2-1-3-6-14/h1-8,11,17-18H,9-10,12-13H2,(H,22,25)(H,23,24)/t17-,18+/m1/s1. The molecule has 0 bridgehead atoms. The van der Waals surface area contributed by atoms with Gasteiger partial charge in [0.1, 0.15) is 17.7 Å². The molecular formula is C20H21FN2O4. The van der Waals surface area contributed by atoms with Gasteiger partial charge in [0.2, 0.25) is 5.91 Å². The molecule has 0 aromatic heterocycles. The number of amides is 2. The second-order valence-corrected chi connectivity index (χ2v) is 6.20. The summed E-state index contributed by atoms with van der Waals surface area (Å²) in [5.74, 6) is -0.650. The van der Waals surface area contributed by atoms with Gasteiger partial charge in [-0.1, -0.05) is 24.3 Å². The molecule has 0 saturated carbocycles. The topological polar surface area (TPSA) is 76.7 Å². The molecule has 27 heavy (non-hydrogen) atoms. The highest BCUT2D eigenvalue weighted by molar-refractivity contribution is 5.96. The first-order chi connectivity index (χ1) is 13.1. The van der Waals surface area contributed by atoms with E-state index in [4.69, 9.17) is 9.47 Å². The second-order valence-electron chi connectivity index (χ2n) is 6.20. The number of hydrogen-bond donors (Lipinski definition) is 2. The van der Waals surface area contributed by atoms with Crippen molar-refractivity contribution in [3.63, 3.8) is 0 Å². The van der Waals surface area contributed by atoms with Gasteiger partial charge in [-0.15, -0.1) is 0 Å². The van der Waals surface area contributed by atoms with E-state index in [1.165, 1.54) is 12.1 Å². The van der Waals surface area contributed by atoms with Crippen LogP contribution in [-0.2, 0) is 9.53 Å². The van der Waals surface area contributed by atoms with Gasteiger partial charge >= 0.3 is 0 Å². The van der Waals surface area contributed by atoms with Crippen LogP contribution < -0.4 is 15.4 Å². The summed E-state index contributed by atoms with van der Waals surface area (Å²) in [6, 6.07) is 14.1. The number of ether oxygens (including phenoxy) is 2. The Kier molecular flexibility index (Phi) is 6.38. The van der Waals surface area contributed by atoms with E-state index in [0.29, 0.717) is 30.9 Å². The van der Waals surface area contributed by atoms with Crippen LogP contribution in [0.25, 0.3) is 0 Å². The summed E-state index contributed by atoms with van der Waals surface area (Å²) in [6.07, 6.45) is 0.229. The number of benzene rings is 2. The molecule has 0 unspecified atom stereocenters. The van der Waals surface area contributed by atoms with Gasteiger partial charge in [0.05, 0.1) is 25.8 Å². The average molecular weight is 372 g/mol. The van der Waals surface area contributed by atoms with Gasteiger partial charge < -0.3 is 20.1 Å². The number of hydrogen-bond acceptors (Lipinski definition) is 4. The molecule has 2 amide bonds. The van der Waals surface area contributed by atoms with E-state index >= 15 is 0 Å². The molecule has 1 aliphatic heterocycles. The zero-order valence-electron chi connectivity index (χ0n) is 14.7. The molecule has 0 spiro atoms. The van der Waals surface area contributed by atoms with Crippen LogP contribution in [0.15, 0.2) is 54.6 Å². The molecular weight excluding hydrogens is 351 g/mol. The monoisotopic (exact) mass is 372 g/mol. The molecule has 2 aromatic carbocycles. The van der Waals surface area contributed by atoms with E-state index in [1.807, 2.05) is 6.07 Å². The zero-order chi connectivity index (χ0) is 19.1. The maximum absolute atomic E-state index is 13.3. The Morgan fingerprint density at radius 2 is 1.96 bits per heavy atom. The predicted molar refractivity (Wildman–Crippen MR) is 97.0 cm³/mol. The van der Waals surface area contributed by atoms with Gasteiger partial charge in [0.25, 0.3) is 5.91 Å². The molecule has 2 N–H and O–H groups in total. The van der Waals surface area contributed by atoms with Crippen molar-refractivity contribution in [3.05, 3.63) is 66.0 Å². The van der Waals surface area contributed by atoms with E-state index < -0.39 is 0 Å². The molecule has 1 fully saturated rings. The van der Waals surface area contributed by atoms with E-state index in [9.17, 15) is 14.0 Å². The van der Waals surface area contributed by atoms with Gasteiger partial charge in [-0.2, -0.15) is 0 Å². The van der Waals surface area contributed by atoms with Gasteiger partial charge in [0, 0.05) is 18.1 Å². The summed E-state index contributed by atoms with van der Waals surface area (Å²) in [4.78, 5) is 24.2. The number of carbonyl (C=O) groups is 2. The lowest BCUT2D eigenvalue weighted by atomic mass is 10.1. The predicted octanol–water partition coefficient (Wildman–Crippen LogP) is 1.91. The molecule has 3 rings (SSSR count). The minimum Gasteiger partial charge on any atom is -0.488 e. The van der Waals surface area contributed by atoms with E-state index in [1.54, 1.807) is 36.4 Å². The van der Waals surface area contributed by atoms with Crippen molar-refractivity contribution >= 4 is 11.8 Å². The van der Waals surface area contributed by atoms with Crippen molar-refractivity contribution in [3.8, 4) is 5.75 Å². The fourth-order valence-electron chi connectivity index (χ4n) is 2.82. The van der Waals surface area contributed by atoms with Crippen LogP contribution in [0.5, 0.6) is 5.75 Å². The van der Waals surface area contributed by atoms with Crippen LogP contribution in [0.2, 0.25) is 0 Å². The number of carbonyl (C=O) groups excluding carboxylic acids is 2. The first kappa shape index (κ1) is 18.8. The third-order valence-electron chi connectivity index (χ3n) is 4.17. The SMILES string of the molecule is O=C(CNC(=O)c1ccccc1)N[C@@H]1COCC[C@@H]1Oc1cccc(F)c1. The fraction of sp³-hybridized carbons (Fsp3) is 0.300. The van der Waals surface area contributed by atoms with Gasteiger partial charge in [-0.05, 0) is 24.3 Å². The van der Waals surface area contributed by atoms with Crippen molar-refractivity contribution in [2.75, 3.05) is 19.8 Å². The molecule has 2 aromatic rings. The molecule has 6 nitrogen and oxygen atoms in total. The number of rotatable bonds is 6. The Bertz CT molecular complexity index is 785. The lowest BCUT2D eigenvalue weighted by Crippen LogP contribution is -2.53. The molecule has 2 atom stereocenters. The van der Waals surface area contributed by atoms with Crippen LogP contribution in [0, 0.1) is 5.82 Å². The van der Waals surface area contributed by atoms with Crippen molar-refractivity contribution in [2.45, 2.75) is 18.6 Å². The van der Waals surface area contributed by atoms with Gasteiger partial charge in [0.15, 0.2) is 0 Å². The summed E-state index contributed by atoms with van der Waals surface area (Å²) >= 11 is 0.